The number of carbonyl (C=O) groups is 3. The molecule has 2 rings (SSSR count). The maximum absolute atomic E-state index is 12.1. The van der Waals surface area contributed by atoms with E-state index in [4.69, 9.17) is 5.53 Å². The maximum Gasteiger partial charge on any atom is 0.254 e. The molecule has 20 heavy (non-hydrogen) atoms. The summed E-state index contributed by atoms with van der Waals surface area (Å²) in [5, 5.41) is 8.04. The lowest BCUT2D eigenvalue weighted by molar-refractivity contribution is -0.134. The third kappa shape index (κ3) is 2.87. The van der Waals surface area contributed by atoms with Gasteiger partial charge >= 0.3 is 0 Å². The zero-order valence-electron chi connectivity index (χ0n) is 10.9. The summed E-state index contributed by atoms with van der Waals surface area (Å²) in [6.07, 6.45) is 0.468. The third-order valence-corrected chi connectivity index (χ3v) is 3.06. The maximum atomic E-state index is 12.1. The van der Waals surface area contributed by atoms with Crippen molar-refractivity contribution in [3.8, 4) is 0 Å². The molecular weight excluding hydrogens is 260 g/mol. The Bertz CT molecular complexity index is 597. The average Bonchev–Trinajstić information content (AvgIpc) is 2.41. The molecule has 0 bridgehead atoms. The number of nitrogens with zero attached hydrogens (tertiary/aromatic N) is 1. The van der Waals surface area contributed by atoms with Crippen molar-refractivity contribution in [2.75, 3.05) is 0 Å². The van der Waals surface area contributed by atoms with E-state index in [1.54, 1.807) is 18.2 Å². The summed E-state index contributed by atoms with van der Waals surface area (Å²) in [5.74, 6) is -1.32. The molecule has 0 spiro atoms. The second-order valence-corrected chi connectivity index (χ2v) is 4.61. The molecule has 7 heteroatoms. The highest BCUT2D eigenvalue weighted by atomic mass is 16.2. The molecule has 0 aromatic heterocycles. The summed E-state index contributed by atoms with van der Waals surface area (Å²) in [5.41, 5.74) is 8.44. The van der Waals surface area contributed by atoms with Gasteiger partial charge in [-0.15, -0.1) is 0 Å². The summed E-state index contributed by atoms with van der Waals surface area (Å²) in [6.45, 7) is 1.83. The van der Waals surface area contributed by atoms with Gasteiger partial charge in [0.1, 0.15) is 6.04 Å². The molecular formula is C13H14N4O3. The molecule has 1 saturated heterocycles. The molecule has 1 fully saturated rings. The predicted octanol–water partition coefficient (Wildman–Crippen LogP) is 1.19. The average molecular weight is 274 g/mol. The highest BCUT2D eigenvalue weighted by Gasteiger charge is 2.28. The standard InChI is InChI=1S/C13H14N4O3/c1-7-2-3-8(10(6-7)17-14)12(19)15-9-4-5-11(18)16-13(9)20/h2-3,6,9,14H,4-5H2,1H3,(H,15,19)(H,16,18,20). The second-order valence-electron chi connectivity index (χ2n) is 4.61. The first kappa shape index (κ1) is 13.9. The van der Waals surface area contributed by atoms with Gasteiger partial charge in [-0.05, 0) is 31.0 Å². The van der Waals surface area contributed by atoms with Gasteiger partial charge in [0.15, 0.2) is 0 Å². The van der Waals surface area contributed by atoms with Gasteiger partial charge in [-0.25, -0.2) is 5.53 Å². The quantitative estimate of drug-likeness (QED) is 0.568. The molecule has 1 aliphatic rings. The van der Waals surface area contributed by atoms with E-state index < -0.39 is 17.9 Å². The van der Waals surface area contributed by atoms with Gasteiger partial charge < -0.3 is 5.32 Å². The first-order valence-corrected chi connectivity index (χ1v) is 6.14. The number of benzene rings is 1. The van der Waals surface area contributed by atoms with Gasteiger partial charge in [0.2, 0.25) is 11.8 Å². The van der Waals surface area contributed by atoms with Crippen LogP contribution in [0.1, 0.15) is 28.8 Å². The van der Waals surface area contributed by atoms with Gasteiger partial charge in [-0.2, -0.15) is 5.11 Å². The number of hydrogen-bond acceptors (Lipinski definition) is 5. The summed E-state index contributed by atoms with van der Waals surface area (Å²) in [7, 11) is 0. The van der Waals surface area contributed by atoms with Gasteiger partial charge in [-0.3, -0.25) is 19.7 Å². The van der Waals surface area contributed by atoms with Crippen LogP contribution >= 0.6 is 0 Å². The van der Waals surface area contributed by atoms with Crippen molar-refractivity contribution in [2.45, 2.75) is 25.8 Å². The summed E-state index contributed by atoms with van der Waals surface area (Å²) in [6, 6.07) is 4.17. The first-order valence-electron chi connectivity index (χ1n) is 6.14. The minimum Gasteiger partial charge on any atom is -0.340 e. The Labute approximate surface area is 115 Å². The van der Waals surface area contributed by atoms with E-state index in [0.717, 1.165) is 5.56 Å². The van der Waals surface area contributed by atoms with Gasteiger partial charge in [0.05, 0.1) is 11.3 Å². The topological polar surface area (TPSA) is 111 Å². The predicted molar refractivity (Wildman–Crippen MR) is 69.6 cm³/mol. The Hall–Kier alpha value is -2.57. The molecule has 7 nitrogen and oxygen atoms in total. The van der Waals surface area contributed by atoms with Crippen LogP contribution in [0.5, 0.6) is 0 Å². The van der Waals surface area contributed by atoms with Crippen LogP contribution in [0.15, 0.2) is 23.3 Å². The molecule has 104 valence electrons. The smallest absolute Gasteiger partial charge is 0.254 e. The lowest BCUT2D eigenvalue weighted by Crippen LogP contribution is -2.52. The molecule has 0 aliphatic carbocycles. The Morgan fingerprint density at radius 1 is 1.45 bits per heavy atom. The number of amides is 3. The van der Waals surface area contributed by atoms with Gasteiger partial charge in [0, 0.05) is 6.42 Å². The molecule has 3 N–H and O–H groups in total. The van der Waals surface area contributed by atoms with Crippen molar-refractivity contribution in [2.24, 2.45) is 5.11 Å². The van der Waals surface area contributed by atoms with Crippen molar-refractivity contribution < 1.29 is 14.4 Å². The van der Waals surface area contributed by atoms with Gasteiger partial charge in [0.25, 0.3) is 5.91 Å². The van der Waals surface area contributed by atoms with Crippen LogP contribution in [0.25, 0.3) is 0 Å². The van der Waals surface area contributed by atoms with E-state index in [1.807, 2.05) is 6.92 Å². The number of imide groups is 1. The summed E-state index contributed by atoms with van der Waals surface area (Å²) < 4.78 is 0. The largest absolute Gasteiger partial charge is 0.340 e. The van der Waals surface area contributed by atoms with Crippen LogP contribution in [-0.4, -0.2) is 23.8 Å². The van der Waals surface area contributed by atoms with Crippen molar-refractivity contribution in [3.63, 3.8) is 0 Å². The highest BCUT2D eigenvalue weighted by molar-refractivity contribution is 6.05. The molecule has 3 amide bonds. The third-order valence-electron chi connectivity index (χ3n) is 3.06. The number of aryl methyl sites for hydroxylation is 1. The van der Waals surface area contributed by atoms with Crippen molar-refractivity contribution in [3.05, 3.63) is 29.3 Å². The van der Waals surface area contributed by atoms with E-state index in [2.05, 4.69) is 15.7 Å². The zero-order valence-corrected chi connectivity index (χ0v) is 10.9. The van der Waals surface area contributed by atoms with Crippen LogP contribution in [0, 0.1) is 12.5 Å². The number of rotatable bonds is 3. The SMILES string of the molecule is Cc1ccc(C(=O)NC2CCC(=O)NC2=O)c(N=N)c1. The molecule has 0 saturated carbocycles. The van der Waals surface area contributed by atoms with Crippen molar-refractivity contribution in [1.29, 1.82) is 5.53 Å². The second kappa shape index (κ2) is 5.60. The minimum absolute atomic E-state index is 0.195. The fourth-order valence-electron chi connectivity index (χ4n) is 1.99. The number of carbonyl (C=O) groups excluding carboxylic acids is 3. The lowest BCUT2D eigenvalue weighted by atomic mass is 10.0. The van der Waals surface area contributed by atoms with E-state index in [-0.39, 0.29) is 30.0 Å². The highest BCUT2D eigenvalue weighted by Crippen LogP contribution is 2.21. The Kier molecular flexibility index (Phi) is 3.88. The molecule has 1 aromatic rings. The molecule has 1 aromatic carbocycles. The number of hydrogen-bond donors (Lipinski definition) is 3. The van der Waals surface area contributed by atoms with Crippen molar-refractivity contribution >= 4 is 23.4 Å². The number of nitrogens with one attached hydrogen (secondary N) is 3. The molecule has 0 radical (unpaired) electrons. The van der Waals surface area contributed by atoms with Crippen molar-refractivity contribution in [1.82, 2.24) is 10.6 Å². The fourth-order valence-corrected chi connectivity index (χ4v) is 1.99. The Balaban J connectivity index is 2.14. The van der Waals surface area contributed by atoms with Crippen LogP contribution < -0.4 is 10.6 Å². The molecule has 1 heterocycles. The Morgan fingerprint density at radius 3 is 2.85 bits per heavy atom. The first-order chi connectivity index (χ1) is 9.51. The van der Waals surface area contributed by atoms with Crippen LogP contribution in [0.3, 0.4) is 0 Å². The normalized spacial score (nSPS) is 18.4. The monoisotopic (exact) mass is 274 g/mol. The lowest BCUT2D eigenvalue weighted by Gasteiger charge is -2.22. The van der Waals surface area contributed by atoms with Crippen LogP contribution in [-0.2, 0) is 9.59 Å². The van der Waals surface area contributed by atoms with Crippen LogP contribution in [0.4, 0.5) is 5.69 Å². The molecule has 1 aliphatic heterocycles. The molecule has 1 unspecified atom stereocenters. The van der Waals surface area contributed by atoms with E-state index in [0.29, 0.717) is 0 Å². The minimum atomic E-state index is -0.736. The summed E-state index contributed by atoms with van der Waals surface area (Å²) in [4.78, 5) is 34.7. The van der Waals surface area contributed by atoms with E-state index in [1.165, 1.54) is 0 Å². The molecule has 1 atom stereocenters. The van der Waals surface area contributed by atoms with E-state index in [9.17, 15) is 14.4 Å². The van der Waals surface area contributed by atoms with E-state index >= 15 is 0 Å². The van der Waals surface area contributed by atoms with Gasteiger partial charge in [-0.1, -0.05) is 6.07 Å². The fraction of sp³-hybridized carbons (Fsp3) is 0.308. The zero-order chi connectivity index (χ0) is 14.7. The summed E-state index contributed by atoms with van der Waals surface area (Å²) >= 11 is 0. The van der Waals surface area contributed by atoms with Crippen LogP contribution in [0.2, 0.25) is 0 Å². The number of piperidine rings is 1. The Morgan fingerprint density at radius 2 is 2.20 bits per heavy atom.